The molecule has 64 valence electrons. The fraction of sp³-hybridized carbons (Fsp3) is 0.556. The van der Waals surface area contributed by atoms with Gasteiger partial charge in [-0.2, -0.15) is 0 Å². The third-order valence-electron chi connectivity index (χ3n) is 1.32. The van der Waals surface area contributed by atoms with Gasteiger partial charge in [-0.25, -0.2) is 0 Å². The zero-order valence-corrected chi connectivity index (χ0v) is 7.01. The van der Waals surface area contributed by atoms with Gasteiger partial charge in [0.2, 0.25) is 0 Å². The highest BCUT2D eigenvalue weighted by Gasteiger charge is 1.86. The lowest BCUT2D eigenvalue weighted by molar-refractivity contribution is 0.0684. The third-order valence-corrected chi connectivity index (χ3v) is 1.32. The number of hydrogen-bond donors (Lipinski definition) is 1. The molecule has 0 spiro atoms. The van der Waals surface area contributed by atoms with Crippen LogP contribution in [0.5, 0.6) is 0 Å². The molecular formula is C9H17NO. The first kappa shape index (κ1) is 10.2. The standard InChI is InChI=1S/C9H17NO/c1-3-5-6-7-8-9-11-10-4-2/h3-4,10H,1-2,5-9H2. The Morgan fingerprint density at radius 1 is 1.18 bits per heavy atom. The molecule has 0 bridgehead atoms. The van der Waals surface area contributed by atoms with E-state index in [-0.39, 0.29) is 0 Å². The van der Waals surface area contributed by atoms with E-state index in [1.54, 1.807) is 0 Å². The Labute approximate surface area is 68.9 Å². The van der Waals surface area contributed by atoms with E-state index in [0.717, 1.165) is 19.4 Å². The Bertz CT molecular complexity index is 89.7. The fourth-order valence-corrected chi connectivity index (χ4v) is 0.758. The Morgan fingerprint density at radius 2 is 2.00 bits per heavy atom. The lowest BCUT2D eigenvalue weighted by atomic mass is 10.2. The van der Waals surface area contributed by atoms with Crippen molar-refractivity contribution in [3.05, 3.63) is 25.4 Å². The minimum Gasteiger partial charge on any atom is -0.277 e. The third kappa shape index (κ3) is 9.24. The summed E-state index contributed by atoms with van der Waals surface area (Å²) in [6, 6.07) is 0. The van der Waals surface area contributed by atoms with Crippen LogP contribution >= 0.6 is 0 Å². The molecule has 0 aromatic rings. The van der Waals surface area contributed by atoms with Gasteiger partial charge in [0.15, 0.2) is 0 Å². The summed E-state index contributed by atoms with van der Waals surface area (Å²) in [7, 11) is 0. The second kappa shape index (κ2) is 9.24. The van der Waals surface area contributed by atoms with E-state index in [0.29, 0.717) is 0 Å². The molecule has 0 atom stereocenters. The fourth-order valence-electron chi connectivity index (χ4n) is 0.758. The summed E-state index contributed by atoms with van der Waals surface area (Å²) in [5, 5.41) is 0. The van der Waals surface area contributed by atoms with Crippen molar-refractivity contribution in [2.24, 2.45) is 0 Å². The minimum absolute atomic E-state index is 0.753. The second-order valence-electron chi connectivity index (χ2n) is 2.31. The predicted octanol–water partition coefficient (Wildman–Crippen LogP) is 2.40. The van der Waals surface area contributed by atoms with Gasteiger partial charge in [0, 0.05) is 6.20 Å². The van der Waals surface area contributed by atoms with Crippen molar-refractivity contribution in [1.29, 1.82) is 0 Å². The van der Waals surface area contributed by atoms with E-state index in [4.69, 9.17) is 4.84 Å². The topological polar surface area (TPSA) is 21.3 Å². The molecule has 2 heteroatoms. The van der Waals surface area contributed by atoms with Crippen LogP contribution in [-0.4, -0.2) is 6.61 Å². The largest absolute Gasteiger partial charge is 0.277 e. The van der Waals surface area contributed by atoms with Crippen LogP contribution in [0.25, 0.3) is 0 Å². The van der Waals surface area contributed by atoms with Gasteiger partial charge < -0.3 is 0 Å². The van der Waals surface area contributed by atoms with E-state index in [1.165, 1.54) is 19.0 Å². The molecule has 0 rings (SSSR count). The molecule has 0 heterocycles. The van der Waals surface area contributed by atoms with Crippen molar-refractivity contribution in [2.75, 3.05) is 6.61 Å². The Morgan fingerprint density at radius 3 is 2.64 bits per heavy atom. The second-order valence-corrected chi connectivity index (χ2v) is 2.31. The van der Waals surface area contributed by atoms with Crippen LogP contribution in [0.15, 0.2) is 25.4 Å². The number of unbranched alkanes of at least 4 members (excludes halogenated alkanes) is 3. The average Bonchev–Trinajstić information content (AvgIpc) is 2.03. The number of hydroxylamine groups is 1. The van der Waals surface area contributed by atoms with Crippen LogP contribution in [0.2, 0.25) is 0 Å². The van der Waals surface area contributed by atoms with Crippen molar-refractivity contribution in [2.45, 2.75) is 25.7 Å². The van der Waals surface area contributed by atoms with Crippen molar-refractivity contribution in [1.82, 2.24) is 5.48 Å². The molecule has 0 aliphatic rings. The molecule has 0 amide bonds. The first-order chi connectivity index (χ1) is 5.41. The lowest BCUT2D eigenvalue weighted by Crippen LogP contribution is -2.06. The van der Waals surface area contributed by atoms with Gasteiger partial charge in [-0.3, -0.25) is 10.3 Å². The highest BCUT2D eigenvalue weighted by Crippen LogP contribution is 1.99. The normalized spacial score (nSPS) is 9.09. The summed E-state index contributed by atoms with van der Waals surface area (Å²) in [5.74, 6) is 0. The molecule has 0 aromatic carbocycles. The number of hydrogen-bond acceptors (Lipinski definition) is 2. The van der Waals surface area contributed by atoms with E-state index in [9.17, 15) is 0 Å². The Kier molecular flexibility index (Phi) is 8.60. The molecule has 1 N–H and O–H groups in total. The molecule has 0 aliphatic carbocycles. The molecule has 0 aromatic heterocycles. The van der Waals surface area contributed by atoms with Gasteiger partial charge in [-0.05, 0) is 19.3 Å². The molecule has 0 aliphatic heterocycles. The Hall–Kier alpha value is -0.760. The van der Waals surface area contributed by atoms with Gasteiger partial charge in [0.05, 0.1) is 6.61 Å². The van der Waals surface area contributed by atoms with Crippen LogP contribution in [0.3, 0.4) is 0 Å². The number of nitrogens with one attached hydrogen (secondary N) is 1. The Balaban J connectivity index is 2.79. The van der Waals surface area contributed by atoms with E-state index >= 15 is 0 Å². The van der Waals surface area contributed by atoms with Crippen LogP contribution in [0, 0.1) is 0 Å². The minimum atomic E-state index is 0.753. The maximum absolute atomic E-state index is 4.97. The van der Waals surface area contributed by atoms with Gasteiger partial charge >= 0.3 is 0 Å². The van der Waals surface area contributed by atoms with Crippen molar-refractivity contribution < 1.29 is 4.84 Å². The van der Waals surface area contributed by atoms with Crippen LogP contribution < -0.4 is 5.48 Å². The number of rotatable bonds is 8. The maximum Gasteiger partial charge on any atom is 0.0745 e. The van der Waals surface area contributed by atoms with E-state index in [2.05, 4.69) is 18.6 Å². The summed E-state index contributed by atoms with van der Waals surface area (Å²) in [6.45, 7) is 7.86. The molecule has 11 heavy (non-hydrogen) atoms. The smallest absolute Gasteiger partial charge is 0.0745 e. The van der Waals surface area contributed by atoms with E-state index < -0.39 is 0 Å². The first-order valence-electron chi connectivity index (χ1n) is 4.01. The molecule has 0 saturated heterocycles. The predicted molar refractivity (Wildman–Crippen MR) is 47.9 cm³/mol. The number of allylic oxidation sites excluding steroid dienone is 1. The highest BCUT2D eigenvalue weighted by molar-refractivity contribution is 4.65. The van der Waals surface area contributed by atoms with Crippen LogP contribution in [0.1, 0.15) is 25.7 Å². The average molecular weight is 155 g/mol. The van der Waals surface area contributed by atoms with Crippen molar-refractivity contribution >= 4 is 0 Å². The van der Waals surface area contributed by atoms with Crippen molar-refractivity contribution in [3.8, 4) is 0 Å². The van der Waals surface area contributed by atoms with Gasteiger partial charge in [0.1, 0.15) is 0 Å². The van der Waals surface area contributed by atoms with E-state index in [1.807, 2.05) is 6.08 Å². The summed E-state index contributed by atoms with van der Waals surface area (Å²) in [6.07, 6.45) is 8.09. The zero-order valence-electron chi connectivity index (χ0n) is 7.01. The molecule has 0 saturated carbocycles. The monoisotopic (exact) mass is 155 g/mol. The lowest BCUT2D eigenvalue weighted by Gasteiger charge is -2.00. The van der Waals surface area contributed by atoms with Crippen LogP contribution in [0.4, 0.5) is 0 Å². The maximum atomic E-state index is 4.97. The summed E-state index contributed by atoms with van der Waals surface area (Å²) < 4.78 is 0. The van der Waals surface area contributed by atoms with Crippen LogP contribution in [-0.2, 0) is 4.84 Å². The SMILES string of the molecule is C=CCCCCCONC=C. The molecule has 0 fully saturated rings. The first-order valence-corrected chi connectivity index (χ1v) is 4.01. The summed E-state index contributed by atoms with van der Waals surface area (Å²) in [5.41, 5.74) is 2.58. The molecule has 2 nitrogen and oxygen atoms in total. The molecular weight excluding hydrogens is 138 g/mol. The van der Waals surface area contributed by atoms with Gasteiger partial charge in [-0.1, -0.05) is 19.1 Å². The quantitative estimate of drug-likeness (QED) is 0.330. The molecule has 0 radical (unpaired) electrons. The molecule has 0 unspecified atom stereocenters. The van der Waals surface area contributed by atoms with Gasteiger partial charge in [0.25, 0.3) is 0 Å². The zero-order chi connectivity index (χ0) is 8.36. The van der Waals surface area contributed by atoms with Gasteiger partial charge in [-0.15, -0.1) is 6.58 Å². The highest BCUT2D eigenvalue weighted by atomic mass is 16.6. The summed E-state index contributed by atoms with van der Waals surface area (Å²) >= 11 is 0. The van der Waals surface area contributed by atoms with Crippen molar-refractivity contribution in [3.63, 3.8) is 0 Å². The summed E-state index contributed by atoms with van der Waals surface area (Å²) in [4.78, 5) is 4.97.